The van der Waals surface area contributed by atoms with Crippen molar-refractivity contribution >= 4 is 45.6 Å². The number of hydrogen-bond acceptors (Lipinski definition) is 9. The molecule has 10 nitrogen and oxygen atoms in total. The highest BCUT2D eigenvalue weighted by Crippen LogP contribution is 2.43. The van der Waals surface area contributed by atoms with E-state index in [1.165, 1.54) is 7.11 Å². The molecule has 6 rings (SSSR count). The molecule has 6 aromatic rings. The summed E-state index contributed by atoms with van der Waals surface area (Å²) in [5, 5.41) is 10.1. The molecule has 0 aliphatic rings. The molecule has 0 unspecified atom stereocenters. The Bertz CT molecular complexity index is 2000. The molecule has 1 N–H and O–H groups in total. The van der Waals surface area contributed by atoms with E-state index in [0.717, 1.165) is 44.8 Å². The van der Waals surface area contributed by atoms with E-state index in [4.69, 9.17) is 18.9 Å². The molecule has 0 amide bonds. The summed E-state index contributed by atoms with van der Waals surface area (Å²) in [6.45, 7) is 2.00. The minimum Gasteiger partial charge on any atom is -0.497 e. The molecule has 0 aliphatic carbocycles. The average Bonchev–Trinajstić information content (AvgIpc) is 3.65. The summed E-state index contributed by atoms with van der Waals surface area (Å²) < 4.78 is 33.5. The van der Waals surface area contributed by atoms with Crippen molar-refractivity contribution in [3.8, 4) is 28.4 Å². The van der Waals surface area contributed by atoms with Crippen LogP contribution in [0.25, 0.3) is 33.1 Å². The first kappa shape index (κ1) is 29.6. The zero-order valence-corrected chi connectivity index (χ0v) is 25.4. The molecule has 2 heterocycles. The van der Waals surface area contributed by atoms with Crippen molar-refractivity contribution in [2.75, 3.05) is 20.3 Å². The van der Waals surface area contributed by atoms with Gasteiger partial charge in [0.25, 0.3) is 0 Å². The van der Waals surface area contributed by atoms with E-state index in [2.05, 4.69) is 8.75 Å². The van der Waals surface area contributed by atoms with Gasteiger partial charge in [0, 0.05) is 35.2 Å². The second-order valence-electron chi connectivity index (χ2n) is 10.1. The van der Waals surface area contributed by atoms with Crippen LogP contribution in [-0.4, -0.2) is 50.7 Å². The van der Waals surface area contributed by atoms with Gasteiger partial charge >= 0.3 is 11.9 Å². The molecule has 0 bridgehead atoms. The monoisotopic (exact) mass is 623 g/mol. The minimum atomic E-state index is -1.14. The van der Waals surface area contributed by atoms with Crippen molar-refractivity contribution in [3.05, 3.63) is 102 Å². The van der Waals surface area contributed by atoms with Gasteiger partial charge in [0.05, 0.1) is 31.0 Å². The van der Waals surface area contributed by atoms with Crippen molar-refractivity contribution in [3.63, 3.8) is 0 Å². The lowest BCUT2D eigenvalue weighted by Crippen LogP contribution is -2.15. The number of fused-ring (bicyclic) bond motifs is 2. The summed E-state index contributed by atoms with van der Waals surface area (Å²) in [5.41, 5.74) is 5.53. The second-order valence-corrected chi connectivity index (χ2v) is 10.6. The molecule has 0 saturated carbocycles. The number of carboxylic acids is 1. The van der Waals surface area contributed by atoms with E-state index < -0.39 is 18.5 Å². The van der Waals surface area contributed by atoms with E-state index in [-0.39, 0.29) is 18.1 Å². The quantitative estimate of drug-likeness (QED) is 0.151. The Kier molecular flexibility index (Phi) is 8.61. The van der Waals surface area contributed by atoms with Crippen molar-refractivity contribution in [1.82, 2.24) is 13.3 Å². The normalized spacial score (nSPS) is 11.1. The topological polar surface area (TPSA) is 122 Å². The van der Waals surface area contributed by atoms with E-state index >= 15 is 0 Å². The molecular formula is C34H29N3O7S. The van der Waals surface area contributed by atoms with Crippen molar-refractivity contribution < 1.29 is 33.6 Å². The Balaban J connectivity index is 1.56. The van der Waals surface area contributed by atoms with Crippen LogP contribution in [0.15, 0.2) is 84.9 Å². The lowest BCUT2D eigenvalue weighted by atomic mass is 10.00. The van der Waals surface area contributed by atoms with E-state index in [0.29, 0.717) is 35.8 Å². The van der Waals surface area contributed by atoms with E-state index in [9.17, 15) is 14.7 Å². The van der Waals surface area contributed by atoms with E-state index in [1.807, 2.05) is 71.3 Å². The maximum atomic E-state index is 13.8. The van der Waals surface area contributed by atoms with Crippen LogP contribution in [0.3, 0.4) is 0 Å². The smallest absolute Gasteiger partial charge is 0.355 e. The van der Waals surface area contributed by atoms with Crippen LogP contribution < -0.4 is 14.2 Å². The van der Waals surface area contributed by atoms with Crippen LogP contribution >= 0.6 is 11.7 Å². The Labute approximate surface area is 262 Å². The Morgan fingerprint density at radius 1 is 0.867 bits per heavy atom. The van der Waals surface area contributed by atoms with Crippen molar-refractivity contribution in [2.45, 2.75) is 20.1 Å². The predicted molar refractivity (Wildman–Crippen MR) is 170 cm³/mol. The molecular weight excluding hydrogens is 594 g/mol. The van der Waals surface area contributed by atoms with Crippen LogP contribution in [0.4, 0.5) is 0 Å². The number of aliphatic carboxylic acids is 1. The fourth-order valence-electron chi connectivity index (χ4n) is 5.21. The van der Waals surface area contributed by atoms with E-state index in [1.54, 1.807) is 25.1 Å². The highest BCUT2D eigenvalue weighted by molar-refractivity contribution is 7.00. The third-order valence-corrected chi connectivity index (χ3v) is 7.78. The fraction of sp³-hybridized carbons (Fsp3) is 0.176. The number of nitrogens with zero attached hydrogens (tertiary/aromatic N) is 3. The van der Waals surface area contributed by atoms with Gasteiger partial charge in [-0.1, -0.05) is 36.4 Å². The third kappa shape index (κ3) is 6.29. The highest BCUT2D eigenvalue weighted by atomic mass is 32.1. The predicted octanol–water partition coefficient (Wildman–Crippen LogP) is 6.59. The lowest BCUT2D eigenvalue weighted by molar-refractivity contribution is -0.139. The molecule has 11 heteroatoms. The number of methoxy groups -OCH3 is 1. The van der Waals surface area contributed by atoms with Gasteiger partial charge < -0.3 is 28.6 Å². The molecule has 0 radical (unpaired) electrons. The fourth-order valence-corrected chi connectivity index (χ4v) is 5.73. The van der Waals surface area contributed by atoms with Crippen LogP contribution in [0.1, 0.15) is 28.5 Å². The molecule has 2 aromatic heterocycles. The van der Waals surface area contributed by atoms with Crippen molar-refractivity contribution in [2.24, 2.45) is 0 Å². The Morgan fingerprint density at radius 2 is 1.67 bits per heavy atom. The van der Waals surface area contributed by atoms with Gasteiger partial charge in [-0.05, 0) is 54.4 Å². The maximum Gasteiger partial charge on any atom is 0.355 e. The number of hydrogen-bond donors (Lipinski definition) is 1. The number of carboxylic acid groups (broad SMARTS) is 1. The number of rotatable bonds is 12. The first-order chi connectivity index (χ1) is 21.9. The minimum absolute atomic E-state index is 0.159. The molecule has 0 saturated heterocycles. The summed E-state index contributed by atoms with van der Waals surface area (Å²) >= 11 is 1.14. The summed E-state index contributed by atoms with van der Waals surface area (Å²) in [7, 11) is 1.51. The van der Waals surface area contributed by atoms with Crippen LogP contribution in [0.2, 0.25) is 0 Å². The number of esters is 1. The number of carbonyl (C=O) groups excluding carboxylic acids is 1. The summed E-state index contributed by atoms with van der Waals surface area (Å²) in [5.74, 6) is -0.331. The second kappa shape index (κ2) is 13.1. The lowest BCUT2D eigenvalue weighted by Gasteiger charge is -2.15. The molecule has 0 spiro atoms. The standard InChI is InChI=1S/C34H29N3O7S/c1-3-42-34(40)33-32(26-13-10-23(41-2)17-30(26)44-20-31(38)39)25-12-11-24(43-19-21-7-5-4-6-8-21)16-29(25)37(33)18-22-9-14-27-28(15-22)36-45-35-27/h4-17H,3,18-20H2,1-2H3,(H,38,39). The van der Waals surface area contributed by atoms with Gasteiger partial charge in [-0.25, -0.2) is 9.59 Å². The molecule has 45 heavy (non-hydrogen) atoms. The van der Waals surface area contributed by atoms with Gasteiger partial charge in [0.1, 0.15) is 40.6 Å². The van der Waals surface area contributed by atoms with Crippen LogP contribution in [0.5, 0.6) is 17.2 Å². The van der Waals surface area contributed by atoms with Gasteiger partial charge in [-0.3, -0.25) is 0 Å². The average molecular weight is 624 g/mol. The molecule has 228 valence electrons. The molecule has 0 fully saturated rings. The highest BCUT2D eigenvalue weighted by Gasteiger charge is 2.28. The first-order valence-corrected chi connectivity index (χ1v) is 14.9. The summed E-state index contributed by atoms with van der Waals surface area (Å²) in [6, 6.07) is 26.4. The number of carbonyl (C=O) groups is 2. The largest absolute Gasteiger partial charge is 0.497 e. The van der Waals surface area contributed by atoms with Gasteiger partial charge in [0.2, 0.25) is 0 Å². The maximum absolute atomic E-state index is 13.8. The summed E-state index contributed by atoms with van der Waals surface area (Å²) in [6.07, 6.45) is 0. The third-order valence-electron chi connectivity index (χ3n) is 7.22. The van der Waals surface area contributed by atoms with Gasteiger partial charge in [-0.15, -0.1) is 0 Å². The Hall–Kier alpha value is -5.42. The number of ether oxygens (including phenoxy) is 4. The molecule has 0 aliphatic heterocycles. The molecule has 4 aromatic carbocycles. The number of aromatic nitrogens is 3. The van der Waals surface area contributed by atoms with Crippen molar-refractivity contribution in [1.29, 1.82) is 0 Å². The van der Waals surface area contributed by atoms with Gasteiger partial charge in [-0.2, -0.15) is 8.75 Å². The van der Waals surface area contributed by atoms with Crippen LogP contribution in [-0.2, 0) is 22.7 Å². The number of benzene rings is 4. The molecule has 0 atom stereocenters. The Morgan fingerprint density at radius 3 is 2.44 bits per heavy atom. The zero-order valence-electron chi connectivity index (χ0n) is 24.6. The summed E-state index contributed by atoms with van der Waals surface area (Å²) in [4.78, 5) is 25.3. The SMILES string of the molecule is CCOC(=O)c1c(-c2ccc(OC)cc2OCC(=O)O)c2ccc(OCc3ccccc3)cc2n1Cc1ccc2nsnc2c1. The van der Waals surface area contributed by atoms with Crippen LogP contribution in [0, 0.1) is 0 Å². The first-order valence-electron chi connectivity index (χ1n) is 14.2. The zero-order chi connectivity index (χ0) is 31.3. The van der Waals surface area contributed by atoms with Gasteiger partial charge in [0.15, 0.2) is 6.61 Å².